The fraction of sp³-hybridized carbons (Fsp3) is 0.154. The fourth-order valence-electron chi connectivity index (χ4n) is 1.55. The van der Waals surface area contributed by atoms with Crippen molar-refractivity contribution in [2.75, 3.05) is 0 Å². The Balaban J connectivity index is 2.28. The largest absolute Gasteiger partial charge is 0.432 e. The molecule has 7 heteroatoms. The summed E-state index contributed by atoms with van der Waals surface area (Å²) < 4.78 is 6.05. The molecule has 0 spiro atoms. The van der Waals surface area contributed by atoms with Gasteiger partial charge in [-0.2, -0.15) is 0 Å². The molecule has 6 nitrogen and oxygen atoms in total. The molecule has 2 N–H and O–H groups in total. The zero-order valence-corrected chi connectivity index (χ0v) is 12.2. The standard InChI is InChI=1S/C13H12BrN3O3/c1-8(15)9-2-5-13(16-7-9)20-12-4-3-10(14)6-11(12)17(18)19/h2-8H,15H2,1H3/t8-/m0/s1. The Hall–Kier alpha value is -1.99. The number of hydrogen-bond donors (Lipinski definition) is 1. The number of hydrogen-bond acceptors (Lipinski definition) is 5. The number of pyridine rings is 1. The zero-order chi connectivity index (χ0) is 14.7. The highest BCUT2D eigenvalue weighted by Crippen LogP contribution is 2.33. The summed E-state index contributed by atoms with van der Waals surface area (Å²) in [5.41, 5.74) is 6.46. The van der Waals surface area contributed by atoms with E-state index in [2.05, 4.69) is 20.9 Å². The van der Waals surface area contributed by atoms with Crippen LogP contribution in [-0.4, -0.2) is 9.91 Å². The fourth-order valence-corrected chi connectivity index (χ4v) is 1.90. The lowest BCUT2D eigenvalue weighted by molar-refractivity contribution is -0.385. The topological polar surface area (TPSA) is 91.3 Å². The van der Waals surface area contributed by atoms with Crippen molar-refractivity contribution in [3.8, 4) is 11.6 Å². The second-order valence-corrected chi connectivity index (χ2v) is 5.11. The maximum Gasteiger partial charge on any atom is 0.312 e. The van der Waals surface area contributed by atoms with Crippen molar-refractivity contribution in [3.05, 3.63) is 56.7 Å². The van der Waals surface area contributed by atoms with Gasteiger partial charge in [-0.05, 0) is 24.6 Å². The summed E-state index contributed by atoms with van der Waals surface area (Å²) in [5.74, 6) is 0.416. The summed E-state index contributed by atoms with van der Waals surface area (Å²) in [6.07, 6.45) is 1.59. The number of halogens is 1. The molecular weight excluding hydrogens is 326 g/mol. The molecule has 0 aliphatic heterocycles. The summed E-state index contributed by atoms with van der Waals surface area (Å²) in [4.78, 5) is 14.6. The highest BCUT2D eigenvalue weighted by Gasteiger charge is 2.16. The first-order chi connectivity index (χ1) is 9.47. The van der Waals surface area contributed by atoms with Gasteiger partial charge in [-0.25, -0.2) is 4.98 Å². The van der Waals surface area contributed by atoms with E-state index in [1.807, 2.05) is 6.92 Å². The molecule has 0 bridgehead atoms. The van der Waals surface area contributed by atoms with Crippen LogP contribution < -0.4 is 10.5 Å². The average Bonchev–Trinajstić information content (AvgIpc) is 2.41. The van der Waals surface area contributed by atoms with E-state index >= 15 is 0 Å². The lowest BCUT2D eigenvalue weighted by Gasteiger charge is -2.08. The molecule has 0 radical (unpaired) electrons. The van der Waals surface area contributed by atoms with Crippen LogP contribution in [0.4, 0.5) is 5.69 Å². The van der Waals surface area contributed by atoms with Crippen molar-refractivity contribution < 1.29 is 9.66 Å². The number of benzene rings is 1. The molecule has 0 fully saturated rings. The summed E-state index contributed by atoms with van der Waals surface area (Å²) in [6, 6.07) is 7.84. The second-order valence-electron chi connectivity index (χ2n) is 4.19. The Labute approximate surface area is 123 Å². The first kappa shape index (κ1) is 14.4. The summed E-state index contributed by atoms with van der Waals surface area (Å²) in [5, 5.41) is 11.0. The molecule has 0 aliphatic rings. The van der Waals surface area contributed by atoms with Crippen LogP contribution in [0.1, 0.15) is 18.5 Å². The molecule has 1 aromatic heterocycles. The highest BCUT2D eigenvalue weighted by atomic mass is 79.9. The molecule has 0 saturated heterocycles. The SMILES string of the molecule is C[C@H](N)c1ccc(Oc2ccc(Br)cc2[N+](=O)[O-])nc1. The summed E-state index contributed by atoms with van der Waals surface area (Å²) in [6.45, 7) is 1.84. The molecular formula is C13H12BrN3O3. The van der Waals surface area contributed by atoms with Gasteiger partial charge < -0.3 is 10.5 Å². The first-order valence-corrected chi connectivity index (χ1v) is 6.60. The number of nitrogens with two attached hydrogens (primary N) is 1. The third kappa shape index (κ3) is 3.31. The maximum absolute atomic E-state index is 11.0. The molecule has 1 aromatic carbocycles. The van der Waals surface area contributed by atoms with Gasteiger partial charge >= 0.3 is 5.69 Å². The summed E-state index contributed by atoms with van der Waals surface area (Å²) in [7, 11) is 0. The average molecular weight is 338 g/mol. The zero-order valence-electron chi connectivity index (χ0n) is 10.6. The second kappa shape index (κ2) is 5.98. The molecule has 0 saturated carbocycles. The van der Waals surface area contributed by atoms with Crippen molar-refractivity contribution in [1.82, 2.24) is 4.98 Å². The van der Waals surface area contributed by atoms with Gasteiger partial charge in [0.15, 0.2) is 0 Å². The van der Waals surface area contributed by atoms with Crippen LogP contribution in [0.5, 0.6) is 11.6 Å². The van der Waals surface area contributed by atoms with Crippen LogP contribution in [0.25, 0.3) is 0 Å². The van der Waals surface area contributed by atoms with Crippen LogP contribution in [0.3, 0.4) is 0 Å². The third-order valence-corrected chi connectivity index (χ3v) is 3.11. The van der Waals surface area contributed by atoms with E-state index in [0.29, 0.717) is 4.47 Å². The lowest BCUT2D eigenvalue weighted by Crippen LogP contribution is -2.05. The van der Waals surface area contributed by atoms with Crippen LogP contribution in [0.2, 0.25) is 0 Å². The Bertz CT molecular complexity index is 629. The highest BCUT2D eigenvalue weighted by molar-refractivity contribution is 9.10. The van der Waals surface area contributed by atoms with Crippen molar-refractivity contribution in [2.45, 2.75) is 13.0 Å². The number of aromatic nitrogens is 1. The molecule has 0 amide bonds. The van der Waals surface area contributed by atoms with E-state index in [1.165, 1.54) is 12.1 Å². The minimum Gasteiger partial charge on any atom is -0.432 e. The molecule has 1 atom stereocenters. The van der Waals surface area contributed by atoms with E-state index in [4.69, 9.17) is 10.5 Å². The maximum atomic E-state index is 11.0. The van der Waals surface area contributed by atoms with Crippen LogP contribution in [-0.2, 0) is 0 Å². The van der Waals surface area contributed by atoms with E-state index in [1.54, 1.807) is 24.4 Å². The van der Waals surface area contributed by atoms with E-state index in [9.17, 15) is 10.1 Å². The molecule has 2 rings (SSSR count). The van der Waals surface area contributed by atoms with Gasteiger partial charge in [0.2, 0.25) is 11.6 Å². The quantitative estimate of drug-likeness (QED) is 0.680. The molecule has 20 heavy (non-hydrogen) atoms. The minimum absolute atomic E-state index is 0.126. The van der Waals surface area contributed by atoms with Crippen molar-refractivity contribution >= 4 is 21.6 Å². The predicted octanol–water partition coefficient (Wildman–Crippen LogP) is 3.56. The number of ether oxygens (including phenoxy) is 1. The minimum atomic E-state index is -0.504. The van der Waals surface area contributed by atoms with Gasteiger partial charge in [0.05, 0.1) is 4.92 Å². The van der Waals surface area contributed by atoms with Gasteiger partial charge in [-0.1, -0.05) is 22.0 Å². The molecule has 0 aliphatic carbocycles. The summed E-state index contributed by atoms with van der Waals surface area (Å²) >= 11 is 3.19. The molecule has 2 aromatic rings. The van der Waals surface area contributed by atoms with Gasteiger partial charge in [0.25, 0.3) is 0 Å². The number of nitro benzene ring substituents is 1. The monoisotopic (exact) mass is 337 g/mol. The van der Waals surface area contributed by atoms with Crippen LogP contribution in [0, 0.1) is 10.1 Å². The van der Waals surface area contributed by atoms with Crippen LogP contribution >= 0.6 is 15.9 Å². The molecule has 1 heterocycles. The first-order valence-electron chi connectivity index (χ1n) is 5.80. The number of nitro groups is 1. The van der Waals surface area contributed by atoms with E-state index in [0.717, 1.165) is 5.56 Å². The van der Waals surface area contributed by atoms with Gasteiger partial charge in [0.1, 0.15) is 0 Å². The molecule has 0 unspecified atom stereocenters. The Kier molecular flexibility index (Phi) is 4.31. The molecule has 104 valence electrons. The number of nitrogens with zero attached hydrogens (tertiary/aromatic N) is 2. The smallest absolute Gasteiger partial charge is 0.312 e. The number of rotatable bonds is 4. The predicted molar refractivity (Wildman–Crippen MR) is 77.7 cm³/mol. The van der Waals surface area contributed by atoms with Crippen LogP contribution in [0.15, 0.2) is 41.0 Å². The van der Waals surface area contributed by atoms with E-state index < -0.39 is 4.92 Å². The lowest BCUT2D eigenvalue weighted by atomic mass is 10.2. The van der Waals surface area contributed by atoms with Crippen molar-refractivity contribution in [1.29, 1.82) is 0 Å². The normalized spacial score (nSPS) is 11.9. The Morgan fingerprint density at radius 2 is 2.15 bits per heavy atom. The van der Waals surface area contributed by atoms with Gasteiger partial charge in [0, 0.05) is 28.8 Å². The van der Waals surface area contributed by atoms with Gasteiger partial charge in [-0.15, -0.1) is 0 Å². The van der Waals surface area contributed by atoms with Crippen molar-refractivity contribution in [3.63, 3.8) is 0 Å². The van der Waals surface area contributed by atoms with Gasteiger partial charge in [-0.3, -0.25) is 10.1 Å². The Morgan fingerprint density at radius 3 is 2.70 bits per heavy atom. The van der Waals surface area contributed by atoms with Crippen molar-refractivity contribution in [2.24, 2.45) is 5.73 Å². The third-order valence-electron chi connectivity index (χ3n) is 2.62. The van der Waals surface area contributed by atoms with E-state index in [-0.39, 0.29) is 23.4 Å². The Morgan fingerprint density at radius 1 is 1.40 bits per heavy atom.